The van der Waals surface area contributed by atoms with Gasteiger partial charge in [0, 0.05) is 24.3 Å². The van der Waals surface area contributed by atoms with Crippen molar-refractivity contribution >= 4 is 34.3 Å². The minimum absolute atomic E-state index is 0.0641. The van der Waals surface area contributed by atoms with Gasteiger partial charge in [0.1, 0.15) is 11.2 Å². The van der Waals surface area contributed by atoms with Crippen LogP contribution in [0.25, 0.3) is 11.0 Å². The van der Waals surface area contributed by atoms with Crippen LogP contribution in [0, 0.1) is 18.3 Å². The van der Waals surface area contributed by atoms with E-state index in [4.69, 9.17) is 16.6 Å². The average Bonchev–Trinajstić information content (AvgIpc) is 2.78. The minimum Gasteiger partial charge on any atom is -0.476 e. The fraction of sp³-hybridized carbons (Fsp3) is 0.375. The summed E-state index contributed by atoms with van der Waals surface area (Å²) in [7, 11) is 0. The van der Waals surface area contributed by atoms with Gasteiger partial charge >= 0.3 is 5.97 Å². The molecule has 0 aliphatic heterocycles. The van der Waals surface area contributed by atoms with Crippen LogP contribution in [0.15, 0.2) is 24.3 Å². The number of alkyl halides is 2. The highest BCUT2D eigenvalue weighted by molar-refractivity contribution is 6.29. The topological polar surface area (TPSA) is 112 Å². The van der Waals surface area contributed by atoms with E-state index in [1.807, 2.05) is 26.0 Å². The molecule has 1 saturated carbocycles. The average molecular weight is 486 g/mol. The maximum Gasteiger partial charge on any atom is 0.356 e. The summed E-state index contributed by atoms with van der Waals surface area (Å²) >= 11 is 5.86. The van der Waals surface area contributed by atoms with E-state index < -0.39 is 17.9 Å². The Labute approximate surface area is 199 Å². The van der Waals surface area contributed by atoms with Crippen LogP contribution in [0.3, 0.4) is 0 Å². The summed E-state index contributed by atoms with van der Waals surface area (Å²) < 4.78 is 27.4. The van der Waals surface area contributed by atoms with Crippen molar-refractivity contribution in [2.45, 2.75) is 57.4 Å². The van der Waals surface area contributed by atoms with Gasteiger partial charge in [-0.15, -0.1) is 0 Å². The molecule has 0 radical (unpaired) electrons. The molecule has 2 aromatic heterocycles. The number of benzene rings is 1. The number of pyridine rings is 1. The number of carboxylic acids is 1. The van der Waals surface area contributed by atoms with Crippen LogP contribution >= 0.6 is 11.6 Å². The molecule has 176 valence electrons. The lowest BCUT2D eigenvalue weighted by molar-refractivity contribution is -0.0385. The molecule has 1 atom stereocenters. The molecule has 1 fully saturated rings. The SMILES string of the molecule is Cc1cc([C@@H](C)Nc2ccc(Cl)nc2C(=O)O)c2nc(C3CCC(F)(F)CC3)c(C#N)nc2c1. The molecule has 0 spiro atoms. The molecule has 34 heavy (non-hydrogen) atoms. The summed E-state index contributed by atoms with van der Waals surface area (Å²) in [5.74, 6) is -4.19. The van der Waals surface area contributed by atoms with Crippen LogP contribution in [-0.2, 0) is 0 Å². The summed E-state index contributed by atoms with van der Waals surface area (Å²) in [5, 5.41) is 22.4. The lowest BCUT2D eigenvalue weighted by atomic mass is 9.84. The quantitative estimate of drug-likeness (QED) is 0.425. The highest BCUT2D eigenvalue weighted by atomic mass is 35.5. The third-order valence-electron chi connectivity index (χ3n) is 6.08. The Bertz CT molecular complexity index is 1310. The van der Waals surface area contributed by atoms with E-state index >= 15 is 0 Å². The van der Waals surface area contributed by atoms with Crippen molar-refractivity contribution in [2.24, 2.45) is 0 Å². The van der Waals surface area contributed by atoms with E-state index in [1.54, 1.807) is 6.07 Å². The van der Waals surface area contributed by atoms with Crippen molar-refractivity contribution in [2.75, 3.05) is 5.32 Å². The first-order valence-corrected chi connectivity index (χ1v) is 11.2. The second kappa shape index (κ2) is 9.11. The lowest BCUT2D eigenvalue weighted by Crippen LogP contribution is -2.24. The number of nitrogens with zero attached hydrogens (tertiary/aromatic N) is 4. The second-order valence-electron chi connectivity index (χ2n) is 8.62. The fourth-order valence-corrected chi connectivity index (χ4v) is 4.53. The van der Waals surface area contributed by atoms with Gasteiger partial charge in [0.25, 0.3) is 0 Å². The van der Waals surface area contributed by atoms with Crippen LogP contribution in [0.2, 0.25) is 5.15 Å². The van der Waals surface area contributed by atoms with Gasteiger partial charge < -0.3 is 10.4 Å². The first kappa shape index (κ1) is 23.8. The predicted octanol–water partition coefficient (Wildman–Crippen LogP) is 6.02. The van der Waals surface area contributed by atoms with Crippen LogP contribution in [0.4, 0.5) is 14.5 Å². The molecule has 1 aliphatic carbocycles. The third kappa shape index (κ3) is 4.77. The number of carbonyl (C=O) groups is 1. The Hall–Kier alpha value is -3.38. The number of nitrogens with one attached hydrogen (secondary N) is 1. The summed E-state index contributed by atoms with van der Waals surface area (Å²) in [5.41, 5.74) is 3.33. The number of hydrogen-bond acceptors (Lipinski definition) is 6. The van der Waals surface area contributed by atoms with Crippen molar-refractivity contribution in [1.29, 1.82) is 5.26 Å². The van der Waals surface area contributed by atoms with Gasteiger partial charge in [-0.3, -0.25) is 0 Å². The zero-order chi connectivity index (χ0) is 24.6. The molecule has 0 amide bonds. The van der Waals surface area contributed by atoms with Crippen LogP contribution < -0.4 is 5.32 Å². The molecule has 0 unspecified atom stereocenters. The van der Waals surface area contributed by atoms with Crippen molar-refractivity contribution in [3.8, 4) is 6.07 Å². The van der Waals surface area contributed by atoms with E-state index in [-0.39, 0.29) is 53.8 Å². The van der Waals surface area contributed by atoms with Gasteiger partial charge in [-0.05, 0) is 50.5 Å². The molecular formula is C24H22ClF2N5O2. The fourth-order valence-electron chi connectivity index (χ4n) is 4.38. The Balaban J connectivity index is 1.77. The maximum absolute atomic E-state index is 13.7. The number of carboxylic acid groups (broad SMARTS) is 1. The van der Waals surface area contributed by atoms with Gasteiger partial charge in [0.15, 0.2) is 11.4 Å². The van der Waals surface area contributed by atoms with E-state index in [2.05, 4.69) is 21.4 Å². The molecule has 2 N–H and O–H groups in total. The number of aromatic nitrogens is 3. The Kier molecular flexibility index (Phi) is 6.36. The lowest BCUT2D eigenvalue weighted by Gasteiger charge is -2.28. The molecular weight excluding hydrogens is 464 g/mol. The minimum atomic E-state index is -2.69. The van der Waals surface area contributed by atoms with Gasteiger partial charge in [-0.2, -0.15) is 5.26 Å². The van der Waals surface area contributed by atoms with E-state index in [9.17, 15) is 23.9 Å². The standard InChI is InChI=1S/C24H22ClF2N5O2/c1-12-9-15(13(2)29-16-3-4-19(25)31-22(16)23(33)34)21-17(10-12)30-18(11-28)20(32-21)14-5-7-24(26,27)8-6-14/h3-4,9-10,13-14,29H,5-8H2,1-2H3,(H,33,34)/t13-/m1/s1. The Morgan fingerprint density at radius 1 is 1.26 bits per heavy atom. The maximum atomic E-state index is 13.7. The molecule has 3 aromatic rings. The highest BCUT2D eigenvalue weighted by Crippen LogP contribution is 2.41. The molecule has 10 heteroatoms. The van der Waals surface area contributed by atoms with E-state index in [0.29, 0.717) is 16.7 Å². The number of aromatic carboxylic acids is 1. The van der Waals surface area contributed by atoms with Gasteiger partial charge in [-0.25, -0.2) is 28.5 Å². The highest BCUT2D eigenvalue weighted by Gasteiger charge is 2.37. The zero-order valence-electron chi connectivity index (χ0n) is 18.6. The molecule has 2 heterocycles. The smallest absolute Gasteiger partial charge is 0.356 e. The number of aryl methyl sites for hydroxylation is 1. The predicted molar refractivity (Wildman–Crippen MR) is 123 cm³/mol. The summed E-state index contributed by atoms with van der Waals surface area (Å²) in [6.07, 6.45) is -0.0322. The number of fused-ring (bicyclic) bond motifs is 1. The molecule has 7 nitrogen and oxygen atoms in total. The van der Waals surface area contributed by atoms with Crippen molar-refractivity contribution in [1.82, 2.24) is 15.0 Å². The first-order chi connectivity index (χ1) is 16.1. The van der Waals surface area contributed by atoms with Gasteiger partial charge in [0.2, 0.25) is 5.92 Å². The third-order valence-corrected chi connectivity index (χ3v) is 6.29. The number of anilines is 1. The Morgan fingerprint density at radius 2 is 1.97 bits per heavy atom. The monoisotopic (exact) mass is 485 g/mol. The van der Waals surface area contributed by atoms with Gasteiger partial charge in [0.05, 0.1) is 28.5 Å². The Morgan fingerprint density at radius 3 is 2.62 bits per heavy atom. The molecule has 0 bridgehead atoms. The second-order valence-corrected chi connectivity index (χ2v) is 9.01. The number of nitriles is 1. The molecule has 0 saturated heterocycles. The largest absolute Gasteiger partial charge is 0.476 e. The van der Waals surface area contributed by atoms with Crippen LogP contribution in [0.1, 0.15) is 77.6 Å². The van der Waals surface area contributed by atoms with E-state index in [0.717, 1.165) is 11.1 Å². The van der Waals surface area contributed by atoms with E-state index in [1.165, 1.54) is 6.07 Å². The van der Waals surface area contributed by atoms with Crippen molar-refractivity contribution in [3.05, 3.63) is 57.6 Å². The normalized spacial score (nSPS) is 16.7. The van der Waals surface area contributed by atoms with Crippen LogP contribution in [-0.4, -0.2) is 32.0 Å². The van der Waals surface area contributed by atoms with Gasteiger partial charge in [-0.1, -0.05) is 17.7 Å². The molecule has 4 rings (SSSR count). The first-order valence-electron chi connectivity index (χ1n) is 10.8. The number of rotatable bonds is 5. The zero-order valence-corrected chi connectivity index (χ0v) is 19.3. The van der Waals surface area contributed by atoms with Crippen LogP contribution in [0.5, 0.6) is 0 Å². The summed E-state index contributed by atoms with van der Waals surface area (Å²) in [6, 6.07) is 8.42. The molecule has 1 aliphatic rings. The van der Waals surface area contributed by atoms with Crippen molar-refractivity contribution in [3.63, 3.8) is 0 Å². The van der Waals surface area contributed by atoms with Crippen molar-refractivity contribution < 1.29 is 18.7 Å². The molecule has 1 aromatic carbocycles. The number of halogens is 3. The summed E-state index contributed by atoms with van der Waals surface area (Å²) in [6.45, 7) is 3.72. The summed E-state index contributed by atoms with van der Waals surface area (Å²) in [4.78, 5) is 24.8. The number of hydrogen-bond donors (Lipinski definition) is 2.